The lowest BCUT2D eigenvalue weighted by molar-refractivity contribution is 0.405. The molecule has 0 heterocycles. The summed E-state index contributed by atoms with van der Waals surface area (Å²) in [6.07, 6.45) is 0. The van der Waals surface area contributed by atoms with Gasteiger partial charge in [-0.2, -0.15) is 0 Å². The molecule has 0 saturated heterocycles. The Morgan fingerprint density at radius 3 is 2.25 bits per heavy atom. The monoisotopic (exact) mass is 182 g/mol. The van der Waals surface area contributed by atoms with Crippen molar-refractivity contribution in [2.24, 2.45) is 0 Å². The van der Waals surface area contributed by atoms with Crippen LogP contribution in [0.1, 0.15) is 19.4 Å². The third-order valence-electron chi connectivity index (χ3n) is 1.80. The minimum atomic E-state index is 0.0760. The standard InChI is InChI=1S/C10H15OP/c1-10(2,12)8-6-4-5-7-9(8)11-3/h4-7H,12H2,1-3H3. The number of methoxy groups -OCH3 is 1. The van der Waals surface area contributed by atoms with E-state index < -0.39 is 0 Å². The molecule has 1 atom stereocenters. The minimum Gasteiger partial charge on any atom is -0.496 e. The van der Waals surface area contributed by atoms with Crippen molar-refractivity contribution in [3.63, 3.8) is 0 Å². The molecule has 0 radical (unpaired) electrons. The summed E-state index contributed by atoms with van der Waals surface area (Å²) in [5, 5.41) is 0.0760. The van der Waals surface area contributed by atoms with Crippen LogP contribution in [0.4, 0.5) is 0 Å². The highest BCUT2D eigenvalue weighted by atomic mass is 31.0. The summed E-state index contributed by atoms with van der Waals surface area (Å²) in [5.74, 6) is 0.956. The molecule has 0 fully saturated rings. The van der Waals surface area contributed by atoms with Crippen LogP contribution in [0.25, 0.3) is 0 Å². The third-order valence-corrected chi connectivity index (χ3v) is 2.11. The quantitative estimate of drug-likeness (QED) is 0.639. The molecule has 66 valence electrons. The number of para-hydroxylation sites is 1. The van der Waals surface area contributed by atoms with E-state index in [1.165, 1.54) is 5.56 Å². The summed E-state index contributed by atoms with van der Waals surface area (Å²) >= 11 is 0. The van der Waals surface area contributed by atoms with E-state index in [2.05, 4.69) is 29.2 Å². The van der Waals surface area contributed by atoms with Crippen LogP contribution < -0.4 is 4.74 Å². The molecule has 0 N–H and O–H groups in total. The van der Waals surface area contributed by atoms with Gasteiger partial charge in [0.2, 0.25) is 0 Å². The Morgan fingerprint density at radius 1 is 1.25 bits per heavy atom. The Bertz CT molecular complexity index is 263. The maximum Gasteiger partial charge on any atom is 0.122 e. The summed E-state index contributed by atoms with van der Waals surface area (Å²) in [6.45, 7) is 4.30. The minimum absolute atomic E-state index is 0.0760. The topological polar surface area (TPSA) is 9.23 Å². The van der Waals surface area contributed by atoms with Gasteiger partial charge in [0.15, 0.2) is 0 Å². The fourth-order valence-corrected chi connectivity index (χ4v) is 1.42. The average Bonchev–Trinajstić information content (AvgIpc) is 2.03. The van der Waals surface area contributed by atoms with E-state index in [1.54, 1.807) is 7.11 Å². The van der Waals surface area contributed by atoms with Gasteiger partial charge in [-0.1, -0.05) is 32.0 Å². The molecule has 1 unspecified atom stereocenters. The molecule has 1 aromatic carbocycles. The zero-order valence-electron chi connectivity index (χ0n) is 7.79. The normalized spacial score (nSPS) is 11.3. The Balaban J connectivity index is 3.14. The van der Waals surface area contributed by atoms with Crippen LogP contribution in [0.2, 0.25) is 0 Å². The highest BCUT2D eigenvalue weighted by molar-refractivity contribution is 7.18. The van der Waals surface area contributed by atoms with Crippen LogP contribution in [0.5, 0.6) is 5.75 Å². The summed E-state index contributed by atoms with van der Waals surface area (Å²) < 4.78 is 5.26. The molecule has 1 rings (SSSR count). The average molecular weight is 182 g/mol. The van der Waals surface area contributed by atoms with Crippen LogP contribution in [0.3, 0.4) is 0 Å². The second kappa shape index (κ2) is 3.45. The van der Waals surface area contributed by atoms with Gasteiger partial charge in [-0.3, -0.25) is 0 Å². The Hall–Kier alpha value is -0.550. The molecular weight excluding hydrogens is 167 g/mol. The second-order valence-corrected chi connectivity index (χ2v) is 4.87. The third kappa shape index (κ3) is 1.98. The van der Waals surface area contributed by atoms with Crippen LogP contribution in [-0.2, 0) is 5.16 Å². The van der Waals surface area contributed by atoms with Gasteiger partial charge in [-0.05, 0) is 6.07 Å². The van der Waals surface area contributed by atoms with Crippen molar-refractivity contribution in [2.75, 3.05) is 7.11 Å². The Kier molecular flexibility index (Phi) is 2.74. The number of hydrogen-bond acceptors (Lipinski definition) is 1. The van der Waals surface area contributed by atoms with Crippen molar-refractivity contribution in [1.29, 1.82) is 0 Å². The van der Waals surface area contributed by atoms with E-state index in [1.807, 2.05) is 18.2 Å². The Morgan fingerprint density at radius 2 is 1.83 bits per heavy atom. The zero-order chi connectivity index (χ0) is 9.19. The van der Waals surface area contributed by atoms with Crippen LogP contribution in [0, 0.1) is 0 Å². The highest BCUT2D eigenvalue weighted by Crippen LogP contribution is 2.36. The van der Waals surface area contributed by atoms with Gasteiger partial charge < -0.3 is 4.74 Å². The lowest BCUT2D eigenvalue weighted by Crippen LogP contribution is -2.08. The van der Waals surface area contributed by atoms with Crippen molar-refractivity contribution in [2.45, 2.75) is 19.0 Å². The van der Waals surface area contributed by atoms with Gasteiger partial charge >= 0.3 is 0 Å². The number of rotatable bonds is 2. The van der Waals surface area contributed by atoms with E-state index in [9.17, 15) is 0 Å². The van der Waals surface area contributed by atoms with E-state index in [4.69, 9.17) is 4.74 Å². The highest BCUT2D eigenvalue weighted by Gasteiger charge is 2.17. The fraction of sp³-hybridized carbons (Fsp3) is 0.400. The van der Waals surface area contributed by atoms with Gasteiger partial charge in [-0.15, -0.1) is 9.24 Å². The summed E-state index contributed by atoms with van der Waals surface area (Å²) in [4.78, 5) is 0. The van der Waals surface area contributed by atoms with Crippen molar-refractivity contribution in [3.05, 3.63) is 29.8 Å². The molecule has 0 amide bonds. The molecular formula is C10H15OP. The van der Waals surface area contributed by atoms with Gasteiger partial charge in [0.25, 0.3) is 0 Å². The molecule has 12 heavy (non-hydrogen) atoms. The molecule has 0 aliphatic carbocycles. The molecule has 1 nitrogen and oxygen atoms in total. The van der Waals surface area contributed by atoms with Crippen molar-refractivity contribution in [3.8, 4) is 5.75 Å². The zero-order valence-corrected chi connectivity index (χ0v) is 8.95. The molecule has 0 aliphatic heterocycles. The van der Waals surface area contributed by atoms with Crippen LogP contribution >= 0.6 is 9.24 Å². The van der Waals surface area contributed by atoms with Gasteiger partial charge in [-0.25, -0.2) is 0 Å². The van der Waals surface area contributed by atoms with Crippen LogP contribution in [0.15, 0.2) is 24.3 Å². The first kappa shape index (κ1) is 9.54. The smallest absolute Gasteiger partial charge is 0.122 e. The SMILES string of the molecule is COc1ccccc1C(C)(C)P. The lowest BCUT2D eigenvalue weighted by Gasteiger charge is -2.21. The first-order chi connectivity index (χ1) is 5.55. The first-order valence-corrected chi connectivity index (χ1v) is 4.56. The maximum absolute atomic E-state index is 5.26. The molecule has 1 aromatic rings. The van der Waals surface area contributed by atoms with E-state index in [0.717, 1.165) is 5.75 Å². The number of ether oxygens (including phenoxy) is 1. The predicted octanol–water partition coefficient (Wildman–Crippen LogP) is 2.81. The van der Waals surface area contributed by atoms with E-state index in [0.29, 0.717) is 0 Å². The molecule has 0 saturated carbocycles. The summed E-state index contributed by atoms with van der Waals surface area (Å²) in [6, 6.07) is 8.09. The fourth-order valence-electron chi connectivity index (χ4n) is 1.18. The molecule has 0 aliphatic rings. The van der Waals surface area contributed by atoms with Gasteiger partial charge in [0.05, 0.1) is 7.11 Å². The summed E-state index contributed by atoms with van der Waals surface area (Å²) in [7, 11) is 4.52. The molecule has 2 heteroatoms. The number of hydrogen-bond donors (Lipinski definition) is 0. The molecule has 0 aromatic heterocycles. The van der Waals surface area contributed by atoms with Gasteiger partial charge in [0.1, 0.15) is 5.75 Å². The largest absolute Gasteiger partial charge is 0.496 e. The summed E-state index contributed by atoms with van der Waals surface area (Å²) in [5.41, 5.74) is 1.22. The van der Waals surface area contributed by atoms with Gasteiger partial charge in [0, 0.05) is 10.7 Å². The van der Waals surface area contributed by atoms with Crippen LogP contribution in [-0.4, -0.2) is 7.11 Å². The second-order valence-electron chi connectivity index (χ2n) is 3.42. The predicted molar refractivity (Wildman–Crippen MR) is 55.7 cm³/mol. The number of benzene rings is 1. The van der Waals surface area contributed by atoms with Crippen molar-refractivity contribution < 1.29 is 4.74 Å². The van der Waals surface area contributed by atoms with E-state index >= 15 is 0 Å². The lowest BCUT2D eigenvalue weighted by atomic mass is 10.0. The van der Waals surface area contributed by atoms with Crippen molar-refractivity contribution >= 4 is 9.24 Å². The maximum atomic E-state index is 5.26. The van der Waals surface area contributed by atoms with E-state index in [-0.39, 0.29) is 5.16 Å². The molecule has 0 spiro atoms. The Labute approximate surface area is 76.3 Å². The first-order valence-electron chi connectivity index (χ1n) is 3.98. The van der Waals surface area contributed by atoms with Crippen molar-refractivity contribution in [1.82, 2.24) is 0 Å². The molecule has 0 bridgehead atoms.